The molecular formula is C10H9BrN2O. The first kappa shape index (κ1) is 9.47. The van der Waals surface area contributed by atoms with Crippen molar-refractivity contribution in [2.24, 2.45) is 0 Å². The number of halogens is 1. The van der Waals surface area contributed by atoms with E-state index in [-0.39, 0.29) is 5.41 Å². The lowest BCUT2D eigenvalue weighted by Gasteiger charge is -2.12. The van der Waals surface area contributed by atoms with Crippen LogP contribution in [0.2, 0.25) is 0 Å². The van der Waals surface area contributed by atoms with Gasteiger partial charge in [0, 0.05) is 16.2 Å². The lowest BCUT2D eigenvalue weighted by Crippen LogP contribution is -2.07. The molecule has 0 aromatic carbocycles. The van der Waals surface area contributed by atoms with Crippen LogP contribution in [-0.4, -0.2) is 12.1 Å². The molecule has 1 heterocycles. The summed E-state index contributed by atoms with van der Waals surface area (Å²) in [5.74, 6) is 0.693. The Morgan fingerprint density at radius 2 is 2.29 bits per heavy atom. The summed E-state index contributed by atoms with van der Waals surface area (Å²) >= 11 is 3.41. The van der Waals surface area contributed by atoms with Gasteiger partial charge in [-0.15, -0.1) is 0 Å². The van der Waals surface area contributed by atoms with E-state index in [4.69, 9.17) is 10.00 Å². The van der Waals surface area contributed by atoms with E-state index in [0.29, 0.717) is 5.75 Å². The summed E-state index contributed by atoms with van der Waals surface area (Å²) in [6.45, 7) is 0. The maximum atomic E-state index is 9.11. The van der Waals surface area contributed by atoms with Gasteiger partial charge < -0.3 is 4.74 Å². The van der Waals surface area contributed by atoms with Crippen LogP contribution in [-0.2, 0) is 5.41 Å². The van der Waals surface area contributed by atoms with Gasteiger partial charge in [-0.2, -0.15) is 5.26 Å². The molecule has 1 aromatic heterocycles. The number of methoxy groups -OCH3 is 1. The summed E-state index contributed by atoms with van der Waals surface area (Å²) in [6, 6.07) is 2.35. The zero-order chi connectivity index (χ0) is 10.2. The van der Waals surface area contributed by atoms with E-state index in [9.17, 15) is 0 Å². The third-order valence-electron chi connectivity index (χ3n) is 2.53. The Morgan fingerprint density at radius 1 is 1.57 bits per heavy atom. The van der Waals surface area contributed by atoms with Crippen LogP contribution in [0, 0.1) is 11.3 Å². The standard InChI is InChI=1S/C10H9BrN2O/c1-14-8-5-13-4-7(11)9(8)10(6-12)2-3-10/h4-5H,2-3H2,1H3. The number of hydrogen-bond donors (Lipinski definition) is 0. The first-order valence-corrected chi connectivity index (χ1v) is 5.12. The van der Waals surface area contributed by atoms with Crippen molar-refractivity contribution in [3.63, 3.8) is 0 Å². The van der Waals surface area contributed by atoms with E-state index >= 15 is 0 Å². The van der Waals surface area contributed by atoms with E-state index in [1.165, 1.54) is 0 Å². The average molecular weight is 253 g/mol. The molecule has 14 heavy (non-hydrogen) atoms. The molecule has 0 aliphatic heterocycles. The van der Waals surface area contributed by atoms with Crippen molar-refractivity contribution >= 4 is 15.9 Å². The first-order chi connectivity index (χ1) is 6.73. The average Bonchev–Trinajstić information content (AvgIpc) is 2.98. The second-order valence-electron chi connectivity index (χ2n) is 3.39. The fourth-order valence-corrected chi connectivity index (χ4v) is 2.27. The molecule has 0 radical (unpaired) electrons. The minimum atomic E-state index is -0.340. The molecule has 1 saturated carbocycles. The lowest BCUT2D eigenvalue weighted by molar-refractivity contribution is 0.405. The highest BCUT2D eigenvalue weighted by atomic mass is 79.9. The van der Waals surface area contributed by atoms with Crippen LogP contribution >= 0.6 is 15.9 Å². The van der Waals surface area contributed by atoms with Gasteiger partial charge in [0.25, 0.3) is 0 Å². The summed E-state index contributed by atoms with van der Waals surface area (Å²) in [7, 11) is 1.60. The molecule has 0 saturated heterocycles. The molecule has 1 aromatic rings. The summed E-state index contributed by atoms with van der Waals surface area (Å²) in [5, 5.41) is 9.11. The molecule has 0 N–H and O–H groups in total. The van der Waals surface area contributed by atoms with E-state index in [0.717, 1.165) is 22.9 Å². The molecule has 0 unspecified atom stereocenters. The van der Waals surface area contributed by atoms with Crippen molar-refractivity contribution in [2.75, 3.05) is 7.11 Å². The van der Waals surface area contributed by atoms with Crippen molar-refractivity contribution < 1.29 is 4.74 Å². The summed E-state index contributed by atoms with van der Waals surface area (Å²) in [5.41, 5.74) is 0.602. The van der Waals surface area contributed by atoms with Gasteiger partial charge in [0.05, 0.1) is 24.8 Å². The Kier molecular flexibility index (Phi) is 2.20. The number of nitriles is 1. The number of pyridine rings is 1. The number of ether oxygens (including phenoxy) is 1. The van der Waals surface area contributed by atoms with Crippen LogP contribution in [0.25, 0.3) is 0 Å². The molecular weight excluding hydrogens is 244 g/mol. The monoisotopic (exact) mass is 252 g/mol. The summed E-state index contributed by atoms with van der Waals surface area (Å²) in [4.78, 5) is 4.01. The highest BCUT2D eigenvalue weighted by Crippen LogP contribution is 2.52. The van der Waals surface area contributed by atoms with Crippen molar-refractivity contribution in [3.8, 4) is 11.8 Å². The fourth-order valence-electron chi connectivity index (χ4n) is 1.58. The Balaban J connectivity index is 2.57. The van der Waals surface area contributed by atoms with Gasteiger partial charge in [-0.3, -0.25) is 4.98 Å². The minimum absolute atomic E-state index is 0.340. The Labute approximate surface area is 90.8 Å². The van der Waals surface area contributed by atoms with Crippen molar-refractivity contribution in [2.45, 2.75) is 18.3 Å². The second kappa shape index (κ2) is 3.25. The predicted molar refractivity (Wildman–Crippen MR) is 55.0 cm³/mol. The van der Waals surface area contributed by atoms with Crippen molar-refractivity contribution in [3.05, 3.63) is 22.4 Å². The van der Waals surface area contributed by atoms with E-state index in [2.05, 4.69) is 27.0 Å². The van der Waals surface area contributed by atoms with Gasteiger partial charge in [-0.05, 0) is 28.8 Å². The Hall–Kier alpha value is -1.08. The molecule has 0 atom stereocenters. The summed E-state index contributed by atoms with van der Waals surface area (Å²) in [6.07, 6.45) is 5.16. The lowest BCUT2D eigenvalue weighted by atomic mass is 9.98. The molecule has 1 aliphatic rings. The third kappa shape index (κ3) is 1.28. The number of aromatic nitrogens is 1. The van der Waals surface area contributed by atoms with Gasteiger partial charge in [0.15, 0.2) is 0 Å². The van der Waals surface area contributed by atoms with Crippen molar-refractivity contribution in [1.82, 2.24) is 4.98 Å². The minimum Gasteiger partial charge on any atom is -0.495 e. The highest BCUT2D eigenvalue weighted by Gasteiger charge is 2.48. The molecule has 0 amide bonds. The van der Waals surface area contributed by atoms with E-state index in [1.807, 2.05) is 0 Å². The molecule has 4 heteroatoms. The van der Waals surface area contributed by atoms with Crippen LogP contribution in [0.4, 0.5) is 0 Å². The van der Waals surface area contributed by atoms with Gasteiger partial charge in [-0.1, -0.05) is 0 Å². The largest absolute Gasteiger partial charge is 0.495 e. The van der Waals surface area contributed by atoms with E-state index < -0.39 is 0 Å². The number of nitrogens with zero attached hydrogens (tertiary/aromatic N) is 2. The normalized spacial score (nSPS) is 17.2. The number of rotatable bonds is 2. The van der Waals surface area contributed by atoms with E-state index in [1.54, 1.807) is 19.5 Å². The molecule has 3 nitrogen and oxygen atoms in total. The van der Waals surface area contributed by atoms with Crippen LogP contribution in [0.1, 0.15) is 18.4 Å². The molecule has 0 spiro atoms. The topological polar surface area (TPSA) is 45.9 Å². The molecule has 1 fully saturated rings. The maximum Gasteiger partial charge on any atom is 0.143 e. The van der Waals surface area contributed by atoms with Crippen LogP contribution < -0.4 is 4.74 Å². The zero-order valence-electron chi connectivity index (χ0n) is 7.75. The SMILES string of the molecule is COc1cncc(Br)c1C1(C#N)CC1. The highest BCUT2D eigenvalue weighted by molar-refractivity contribution is 9.10. The van der Waals surface area contributed by atoms with Crippen LogP contribution in [0.3, 0.4) is 0 Å². The first-order valence-electron chi connectivity index (χ1n) is 4.33. The zero-order valence-corrected chi connectivity index (χ0v) is 9.34. The Bertz CT molecular complexity index is 407. The Morgan fingerprint density at radius 3 is 2.79 bits per heavy atom. The van der Waals surface area contributed by atoms with Crippen LogP contribution in [0.15, 0.2) is 16.9 Å². The van der Waals surface area contributed by atoms with Gasteiger partial charge in [0.2, 0.25) is 0 Å². The smallest absolute Gasteiger partial charge is 0.143 e. The third-order valence-corrected chi connectivity index (χ3v) is 3.13. The number of hydrogen-bond acceptors (Lipinski definition) is 3. The summed E-state index contributed by atoms with van der Waals surface area (Å²) < 4.78 is 6.07. The van der Waals surface area contributed by atoms with Crippen molar-refractivity contribution in [1.29, 1.82) is 5.26 Å². The molecule has 1 aliphatic carbocycles. The molecule has 0 bridgehead atoms. The van der Waals surface area contributed by atoms with Gasteiger partial charge >= 0.3 is 0 Å². The molecule has 2 rings (SSSR count). The second-order valence-corrected chi connectivity index (χ2v) is 4.25. The fraction of sp³-hybridized carbons (Fsp3) is 0.400. The van der Waals surface area contributed by atoms with Crippen LogP contribution in [0.5, 0.6) is 5.75 Å². The predicted octanol–water partition coefficient (Wildman–Crippen LogP) is 2.41. The maximum absolute atomic E-state index is 9.11. The van der Waals surface area contributed by atoms with Gasteiger partial charge in [-0.25, -0.2) is 0 Å². The molecule has 72 valence electrons. The van der Waals surface area contributed by atoms with Gasteiger partial charge in [0.1, 0.15) is 5.75 Å². The quantitative estimate of drug-likeness (QED) is 0.812.